The van der Waals surface area contributed by atoms with Gasteiger partial charge in [0.05, 0.1) is 13.2 Å². The molecule has 1 fully saturated rings. The Hall–Kier alpha value is -0.610. The van der Waals surface area contributed by atoms with Crippen molar-refractivity contribution in [1.82, 2.24) is 0 Å². The first-order chi connectivity index (χ1) is 5.52. The molecule has 1 aliphatic rings. The van der Waals surface area contributed by atoms with Gasteiger partial charge in [0, 0.05) is 6.92 Å². The van der Waals surface area contributed by atoms with E-state index in [2.05, 4.69) is 0 Å². The molecule has 1 atom stereocenters. The Labute approximate surface area is 71.8 Å². The first kappa shape index (κ1) is 9.48. The van der Waals surface area contributed by atoms with E-state index in [9.17, 15) is 4.79 Å². The van der Waals surface area contributed by atoms with Crippen LogP contribution in [-0.4, -0.2) is 31.1 Å². The Morgan fingerprint density at radius 1 is 1.50 bits per heavy atom. The minimum Gasteiger partial charge on any atom is -0.433 e. The smallest absolute Gasteiger partial charge is 0.305 e. The second-order valence-corrected chi connectivity index (χ2v) is 3.26. The van der Waals surface area contributed by atoms with E-state index in [1.165, 1.54) is 6.92 Å². The standard InChI is InChI=1S/C8H14O4/c1-6(9)12-7-8(2,3)11-5-4-10-7/h7H,4-5H2,1-3H3. The van der Waals surface area contributed by atoms with Crippen molar-refractivity contribution >= 4 is 5.97 Å². The summed E-state index contributed by atoms with van der Waals surface area (Å²) in [6.45, 7) is 6.04. The van der Waals surface area contributed by atoms with Crippen LogP contribution in [0.2, 0.25) is 0 Å². The van der Waals surface area contributed by atoms with Crippen LogP contribution in [0.5, 0.6) is 0 Å². The molecule has 1 unspecified atom stereocenters. The predicted octanol–water partition coefficient (Wildman–Crippen LogP) is 0.701. The lowest BCUT2D eigenvalue weighted by Gasteiger charge is -2.36. The molecule has 12 heavy (non-hydrogen) atoms. The van der Waals surface area contributed by atoms with Crippen molar-refractivity contribution < 1.29 is 19.0 Å². The fourth-order valence-electron chi connectivity index (χ4n) is 1.06. The van der Waals surface area contributed by atoms with Crippen LogP contribution in [0.4, 0.5) is 0 Å². The van der Waals surface area contributed by atoms with E-state index >= 15 is 0 Å². The van der Waals surface area contributed by atoms with Crippen LogP contribution in [0.3, 0.4) is 0 Å². The monoisotopic (exact) mass is 174 g/mol. The maximum absolute atomic E-state index is 10.6. The molecule has 0 aromatic heterocycles. The molecule has 1 rings (SSSR count). The summed E-state index contributed by atoms with van der Waals surface area (Å²) in [7, 11) is 0. The van der Waals surface area contributed by atoms with E-state index in [-0.39, 0.29) is 5.97 Å². The van der Waals surface area contributed by atoms with Crippen molar-refractivity contribution in [3.63, 3.8) is 0 Å². The number of ether oxygens (including phenoxy) is 3. The Morgan fingerprint density at radius 3 is 2.67 bits per heavy atom. The molecule has 0 saturated carbocycles. The number of rotatable bonds is 1. The van der Waals surface area contributed by atoms with Gasteiger partial charge < -0.3 is 14.2 Å². The fourth-order valence-corrected chi connectivity index (χ4v) is 1.06. The summed E-state index contributed by atoms with van der Waals surface area (Å²) in [5.74, 6) is -0.349. The molecule has 70 valence electrons. The van der Waals surface area contributed by atoms with E-state index < -0.39 is 11.9 Å². The molecule has 4 nitrogen and oxygen atoms in total. The van der Waals surface area contributed by atoms with Gasteiger partial charge in [0.25, 0.3) is 0 Å². The Bertz CT molecular complexity index is 176. The van der Waals surface area contributed by atoms with Gasteiger partial charge in [-0.2, -0.15) is 0 Å². The van der Waals surface area contributed by atoms with Crippen LogP contribution < -0.4 is 0 Å². The van der Waals surface area contributed by atoms with Crippen molar-refractivity contribution in [2.24, 2.45) is 0 Å². The van der Waals surface area contributed by atoms with Gasteiger partial charge in [-0.25, -0.2) is 0 Å². The molecule has 1 aliphatic heterocycles. The highest BCUT2D eigenvalue weighted by Gasteiger charge is 2.37. The second-order valence-electron chi connectivity index (χ2n) is 3.26. The normalized spacial score (nSPS) is 28.1. The van der Waals surface area contributed by atoms with Crippen LogP contribution in [-0.2, 0) is 19.0 Å². The number of hydrogen-bond donors (Lipinski definition) is 0. The first-order valence-corrected chi connectivity index (χ1v) is 3.95. The van der Waals surface area contributed by atoms with Crippen molar-refractivity contribution in [3.05, 3.63) is 0 Å². The number of esters is 1. The lowest BCUT2D eigenvalue weighted by Crippen LogP contribution is -2.48. The lowest BCUT2D eigenvalue weighted by atomic mass is 10.1. The van der Waals surface area contributed by atoms with Crippen molar-refractivity contribution in [2.75, 3.05) is 13.2 Å². The molecule has 0 N–H and O–H groups in total. The zero-order chi connectivity index (χ0) is 9.19. The highest BCUT2D eigenvalue weighted by Crippen LogP contribution is 2.22. The van der Waals surface area contributed by atoms with Gasteiger partial charge in [0.1, 0.15) is 5.60 Å². The summed E-state index contributed by atoms with van der Waals surface area (Å²) in [6.07, 6.45) is -0.580. The first-order valence-electron chi connectivity index (χ1n) is 3.95. The minimum absolute atomic E-state index is 0.349. The van der Waals surface area contributed by atoms with E-state index in [1.54, 1.807) is 0 Å². The molecule has 0 aliphatic carbocycles. The Balaban J connectivity index is 2.54. The molecule has 0 spiro atoms. The third-order valence-corrected chi connectivity index (χ3v) is 1.67. The highest BCUT2D eigenvalue weighted by molar-refractivity contribution is 5.66. The van der Waals surface area contributed by atoms with Gasteiger partial charge in [0.2, 0.25) is 6.29 Å². The zero-order valence-corrected chi connectivity index (χ0v) is 7.62. The second kappa shape index (κ2) is 3.41. The summed E-state index contributed by atoms with van der Waals surface area (Å²) < 4.78 is 15.5. The molecule has 0 aromatic rings. The minimum atomic E-state index is -0.580. The highest BCUT2D eigenvalue weighted by atomic mass is 16.7. The SMILES string of the molecule is CC(=O)OC1OCCOC1(C)C. The maximum atomic E-state index is 10.6. The van der Waals surface area contributed by atoms with Crippen molar-refractivity contribution in [1.29, 1.82) is 0 Å². The van der Waals surface area contributed by atoms with Gasteiger partial charge in [-0.05, 0) is 13.8 Å². The average Bonchev–Trinajstić information content (AvgIpc) is 1.92. The third-order valence-electron chi connectivity index (χ3n) is 1.67. The topological polar surface area (TPSA) is 44.8 Å². The van der Waals surface area contributed by atoms with Crippen LogP contribution >= 0.6 is 0 Å². The fraction of sp³-hybridized carbons (Fsp3) is 0.875. The molecule has 4 heteroatoms. The van der Waals surface area contributed by atoms with Gasteiger partial charge in [0.15, 0.2) is 0 Å². The van der Waals surface area contributed by atoms with Crippen LogP contribution in [0.1, 0.15) is 20.8 Å². The third kappa shape index (κ3) is 2.19. The molecule has 0 radical (unpaired) electrons. The van der Waals surface area contributed by atoms with Gasteiger partial charge in [-0.1, -0.05) is 0 Å². The van der Waals surface area contributed by atoms with E-state index in [0.717, 1.165) is 0 Å². The summed E-state index contributed by atoms with van der Waals surface area (Å²) in [5, 5.41) is 0. The summed E-state index contributed by atoms with van der Waals surface area (Å²) >= 11 is 0. The van der Waals surface area contributed by atoms with Crippen LogP contribution in [0.25, 0.3) is 0 Å². The summed E-state index contributed by atoms with van der Waals surface area (Å²) in [4.78, 5) is 10.6. The largest absolute Gasteiger partial charge is 0.433 e. The number of hydrogen-bond acceptors (Lipinski definition) is 4. The molecule has 0 aromatic carbocycles. The maximum Gasteiger partial charge on any atom is 0.305 e. The molecule has 1 saturated heterocycles. The quantitative estimate of drug-likeness (QED) is 0.549. The van der Waals surface area contributed by atoms with Gasteiger partial charge in [-0.3, -0.25) is 4.79 Å². The van der Waals surface area contributed by atoms with E-state index in [1.807, 2.05) is 13.8 Å². The molecular formula is C8H14O4. The molecular weight excluding hydrogens is 160 g/mol. The Morgan fingerprint density at radius 2 is 2.17 bits per heavy atom. The number of carbonyl (C=O) groups is 1. The van der Waals surface area contributed by atoms with Gasteiger partial charge >= 0.3 is 5.97 Å². The van der Waals surface area contributed by atoms with Gasteiger partial charge in [-0.15, -0.1) is 0 Å². The summed E-state index contributed by atoms with van der Waals surface area (Å²) in [5.41, 5.74) is -0.538. The predicted molar refractivity (Wildman–Crippen MR) is 41.5 cm³/mol. The van der Waals surface area contributed by atoms with E-state index in [0.29, 0.717) is 13.2 Å². The van der Waals surface area contributed by atoms with E-state index in [4.69, 9.17) is 14.2 Å². The van der Waals surface area contributed by atoms with Crippen molar-refractivity contribution in [2.45, 2.75) is 32.7 Å². The van der Waals surface area contributed by atoms with Crippen LogP contribution in [0.15, 0.2) is 0 Å². The Kier molecular flexibility index (Phi) is 2.69. The number of carbonyl (C=O) groups excluding carboxylic acids is 1. The lowest BCUT2D eigenvalue weighted by molar-refractivity contribution is -0.273. The molecule has 0 amide bonds. The molecule has 1 heterocycles. The zero-order valence-electron chi connectivity index (χ0n) is 7.62. The molecule has 0 bridgehead atoms. The van der Waals surface area contributed by atoms with Crippen LogP contribution in [0, 0.1) is 0 Å². The van der Waals surface area contributed by atoms with Crippen molar-refractivity contribution in [3.8, 4) is 0 Å². The summed E-state index contributed by atoms with van der Waals surface area (Å²) in [6, 6.07) is 0. The average molecular weight is 174 g/mol.